The second-order valence-corrected chi connectivity index (χ2v) is 8.20. The number of nitrogens with one attached hydrogen (secondary N) is 1. The van der Waals surface area contributed by atoms with Gasteiger partial charge in [0.05, 0.1) is 16.1 Å². The zero-order valence-corrected chi connectivity index (χ0v) is 17.4. The van der Waals surface area contributed by atoms with Gasteiger partial charge in [-0.1, -0.05) is 83.5 Å². The van der Waals surface area contributed by atoms with Crippen LogP contribution in [0.15, 0.2) is 88.8 Å². The summed E-state index contributed by atoms with van der Waals surface area (Å²) in [5.41, 5.74) is 3.65. The molecule has 0 aliphatic rings. The fourth-order valence-electron chi connectivity index (χ4n) is 3.01. The highest BCUT2D eigenvalue weighted by Gasteiger charge is 2.14. The largest absolute Gasteiger partial charge is 0.348 e. The summed E-state index contributed by atoms with van der Waals surface area (Å²) in [4.78, 5) is 18.6. The van der Waals surface area contributed by atoms with E-state index in [0.717, 1.165) is 26.4 Å². The highest BCUT2D eigenvalue weighted by molar-refractivity contribution is 7.99. The minimum Gasteiger partial charge on any atom is -0.348 e. The van der Waals surface area contributed by atoms with Crippen molar-refractivity contribution in [2.75, 3.05) is 0 Å². The molecule has 0 radical (unpaired) electrons. The average Bonchev–Trinajstić information content (AvgIpc) is 2.74. The molecule has 0 aliphatic heterocycles. The first kappa shape index (κ1) is 19.5. The summed E-state index contributed by atoms with van der Waals surface area (Å²) >= 11 is 7.75. The minimum absolute atomic E-state index is 0.120. The molecule has 1 heterocycles. The van der Waals surface area contributed by atoms with Crippen molar-refractivity contribution in [2.45, 2.75) is 23.4 Å². The Balaban J connectivity index is 1.64. The molecule has 29 heavy (non-hydrogen) atoms. The van der Waals surface area contributed by atoms with Crippen molar-refractivity contribution < 1.29 is 4.79 Å². The smallest absolute Gasteiger partial charge is 0.252 e. The van der Waals surface area contributed by atoms with Gasteiger partial charge in [-0.2, -0.15) is 0 Å². The van der Waals surface area contributed by atoms with E-state index in [1.54, 1.807) is 0 Å². The van der Waals surface area contributed by atoms with E-state index in [-0.39, 0.29) is 5.91 Å². The number of hydrogen-bond acceptors (Lipinski definition) is 3. The quantitative estimate of drug-likeness (QED) is 0.414. The minimum atomic E-state index is -0.120. The van der Waals surface area contributed by atoms with Crippen LogP contribution in [0.4, 0.5) is 0 Å². The van der Waals surface area contributed by atoms with Gasteiger partial charge in [0.25, 0.3) is 5.91 Å². The molecule has 0 saturated heterocycles. The van der Waals surface area contributed by atoms with Crippen LogP contribution in [0.25, 0.3) is 10.9 Å². The molecule has 0 fully saturated rings. The number of halogens is 1. The van der Waals surface area contributed by atoms with Gasteiger partial charge in [0.1, 0.15) is 5.03 Å². The van der Waals surface area contributed by atoms with Crippen LogP contribution >= 0.6 is 23.4 Å². The number of amides is 1. The third-order valence-electron chi connectivity index (χ3n) is 4.56. The number of benzene rings is 3. The maximum atomic E-state index is 13.0. The van der Waals surface area contributed by atoms with Crippen molar-refractivity contribution in [3.63, 3.8) is 0 Å². The molecule has 144 valence electrons. The standard InChI is InChI=1S/C24H19ClN2OS/c1-16-10-12-17(13-11-16)15-26-24(28)19-14-23(27-21-8-4-2-6-18(19)21)29-22-9-5-3-7-20(22)25/h2-14H,15H2,1H3,(H,26,28). The Hall–Kier alpha value is -2.82. The van der Waals surface area contributed by atoms with Gasteiger partial charge in [-0.25, -0.2) is 4.98 Å². The second kappa shape index (κ2) is 8.68. The number of aromatic nitrogens is 1. The normalized spacial score (nSPS) is 10.8. The first-order valence-corrected chi connectivity index (χ1v) is 10.5. The van der Waals surface area contributed by atoms with Crippen LogP contribution in [-0.4, -0.2) is 10.9 Å². The third kappa shape index (κ3) is 4.61. The lowest BCUT2D eigenvalue weighted by Crippen LogP contribution is -2.23. The summed E-state index contributed by atoms with van der Waals surface area (Å²) in [6.45, 7) is 2.52. The zero-order chi connectivity index (χ0) is 20.2. The maximum Gasteiger partial charge on any atom is 0.252 e. The van der Waals surface area contributed by atoms with Crippen LogP contribution in [0.1, 0.15) is 21.5 Å². The van der Waals surface area contributed by atoms with Gasteiger partial charge in [0.2, 0.25) is 0 Å². The van der Waals surface area contributed by atoms with Crippen LogP contribution < -0.4 is 5.32 Å². The van der Waals surface area contributed by atoms with Crippen LogP contribution in [0.3, 0.4) is 0 Å². The van der Waals surface area contributed by atoms with E-state index < -0.39 is 0 Å². The molecule has 1 N–H and O–H groups in total. The summed E-state index contributed by atoms with van der Waals surface area (Å²) in [5, 5.41) is 5.26. The molecule has 0 unspecified atom stereocenters. The molecule has 3 nitrogen and oxygen atoms in total. The van der Waals surface area contributed by atoms with Gasteiger partial charge in [0.15, 0.2) is 0 Å². The molecule has 0 saturated carbocycles. The van der Waals surface area contributed by atoms with Crippen molar-refractivity contribution in [1.29, 1.82) is 0 Å². The van der Waals surface area contributed by atoms with Crippen LogP contribution in [0, 0.1) is 6.92 Å². The van der Waals surface area contributed by atoms with E-state index in [9.17, 15) is 4.79 Å². The van der Waals surface area contributed by atoms with Crippen LogP contribution in [0.5, 0.6) is 0 Å². The maximum absolute atomic E-state index is 13.0. The number of carbonyl (C=O) groups excluding carboxylic acids is 1. The molecule has 0 spiro atoms. The number of pyridine rings is 1. The van der Waals surface area contributed by atoms with E-state index in [2.05, 4.69) is 5.32 Å². The summed E-state index contributed by atoms with van der Waals surface area (Å²) < 4.78 is 0. The van der Waals surface area contributed by atoms with Crippen molar-refractivity contribution in [3.05, 3.63) is 101 Å². The first-order chi connectivity index (χ1) is 14.1. The summed E-state index contributed by atoms with van der Waals surface area (Å²) in [6.07, 6.45) is 0. The number of carbonyl (C=O) groups is 1. The van der Waals surface area contributed by atoms with Crippen LogP contribution in [0.2, 0.25) is 5.02 Å². The number of para-hydroxylation sites is 1. The number of hydrogen-bond donors (Lipinski definition) is 1. The highest BCUT2D eigenvalue weighted by Crippen LogP contribution is 2.34. The summed E-state index contributed by atoms with van der Waals surface area (Å²) in [7, 11) is 0. The van der Waals surface area contributed by atoms with Gasteiger partial charge in [-0.05, 0) is 36.8 Å². The fraction of sp³-hybridized carbons (Fsp3) is 0.0833. The molecule has 0 atom stereocenters. The average molecular weight is 419 g/mol. The molecular formula is C24H19ClN2OS. The lowest BCUT2D eigenvalue weighted by Gasteiger charge is -2.11. The zero-order valence-electron chi connectivity index (χ0n) is 15.9. The van der Waals surface area contributed by atoms with Gasteiger partial charge < -0.3 is 5.32 Å². The molecule has 1 amide bonds. The molecular weight excluding hydrogens is 400 g/mol. The predicted molar refractivity (Wildman–Crippen MR) is 120 cm³/mol. The number of fused-ring (bicyclic) bond motifs is 1. The first-order valence-electron chi connectivity index (χ1n) is 9.26. The van der Waals surface area contributed by atoms with E-state index >= 15 is 0 Å². The summed E-state index contributed by atoms with van der Waals surface area (Å²) in [6, 6.07) is 25.3. The Kier molecular flexibility index (Phi) is 5.84. The molecule has 1 aromatic heterocycles. The molecule has 4 rings (SSSR count). The Morgan fingerprint density at radius 3 is 2.52 bits per heavy atom. The van der Waals surface area contributed by atoms with Crippen molar-refractivity contribution in [2.24, 2.45) is 0 Å². The Morgan fingerprint density at radius 2 is 1.72 bits per heavy atom. The Morgan fingerprint density at radius 1 is 1.00 bits per heavy atom. The lowest BCUT2D eigenvalue weighted by molar-refractivity contribution is 0.0952. The lowest BCUT2D eigenvalue weighted by atomic mass is 10.1. The van der Waals surface area contributed by atoms with Crippen molar-refractivity contribution in [1.82, 2.24) is 10.3 Å². The van der Waals surface area contributed by atoms with E-state index in [1.165, 1.54) is 17.3 Å². The second-order valence-electron chi connectivity index (χ2n) is 6.73. The Labute approximate surface area is 179 Å². The SMILES string of the molecule is Cc1ccc(CNC(=O)c2cc(Sc3ccccc3Cl)nc3ccccc23)cc1. The van der Waals surface area contributed by atoms with Gasteiger partial charge in [-0.3, -0.25) is 4.79 Å². The van der Waals surface area contributed by atoms with Gasteiger partial charge in [-0.15, -0.1) is 0 Å². The van der Waals surface area contributed by atoms with E-state index in [1.807, 2.05) is 85.8 Å². The Bertz CT molecular complexity index is 1180. The fourth-order valence-corrected chi connectivity index (χ4v) is 4.12. The molecule has 5 heteroatoms. The number of rotatable bonds is 5. The monoisotopic (exact) mass is 418 g/mol. The summed E-state index contributed by atoms with van der Waals surface area (Å²) in [5.74, 6) is -0.120. The molecule has 0 bridgehead atoms. The highest BCUT2D eigenvalue weighted by atomic mass is 35.5. The predicted octanol–water partition coefficient (Wildman–Crippen LogP) is 6.28. The van der Waals surface area contributed by atoms with E-state index in [0.29, 0.717) is 17.1 Å². The van der Waals surface area contributed by atoms with E-state index in [4.69, 9.17) is 16.6 Å². The van der Waals surface area contributed by atoms with Gasteiger partial charge in [0, 0.05) is 16.8 Å². The number of nitrogens with zero attached hydrogens (tertiary/aromatic N) is 1. The molecule has 0 aliphatic carbocycles. The van der Waals surface area contributed by atoms with Crippen LogP contribution in [-0.2, 0) is 6.54 Å². The molecule has 4 aromatic rings. The number of aryl methyl sites for hydroxylation is 1. The molecule has 3 aromatic carbocycles. The van der Waals surface area contributed by atoms with Gasteiger partial charge >= 0.3 is 0 Å². The third-order valence-corrected chi connectivity index (χ3v) is 6.00. The van der Waals surface area contributed by atoms with Crippen molar-refractivity contribution >= 4 is 40.2 Å². The van der Waals surface area contributed by atoms with Crippen molar-refractivity contribution in [3.8, 4) is 0 Å². The topological polar surface area (TPSA) is 42.0 Å².